The molecule has 2 unspecified atom stereocenters. The van der Waals surface area contributed by atoms with Gasteiger partial charge < -0.3 is 10.2 Å². The maximum absolute atomic E-state index is 13.1. The van der Waals surface area contributed by atoms with Gasteiger partial charge in [-0.1, -0.05) is 26.0 Å². The van der Waals surface area contributed by atoms with Gasteiger partial charge in [-0.05, 0) is 55.5 Å². The van der Waals surface area contributed by atoms with Gasteiger partial charge in [0.25, 0.3) is 0 Å². The second-order valence-corrected chi connectivity index (χ2v) is 6.68. The first kappa shape index (κ1) is 14.0. The van der Waals surface area contributed by atoms with Gasteiger partial charge >= 0.3 is 0 Å². The standard InChI is InChI=1S/C17H25FN2/c1-12(2)17(14-3-5-15(18)6-4-14)19-16-11-20-9-7-13(16)8-10-20/h3-6,12-13,16-17,19H,7-11H2,1-2H3. The maximum Gasteiger partial charge on any atom is 0.123 e. The van der Waals surface area contributed by atoms with Crippen LogP contribution in [-0.2, 0) is 0 Å². The monoisotopic (exact) mass is 276 g/mol. The molecule has 3 fully saturated rings. The number of benzene rings is 1. The van der Waals surface area contributed by atoms with E-state index in [4.69, 9.17) is 0 Å². The van der Waals surface area contributed by atoms with Crippen LogP contribution in [0, 0.1) is 17.7 Å². The molecule has 3 aliphatic rings. The normalized spacial score (nSPS) is 30.7. The Kier molecular flexibility index (Phi) is 4.08. The van der Waals surface area contributed by atoms with Crippen LogP contribution in [0.2, 0.25) is 0 Å². The van der Waals surface area contributed by atoms with Crippen LogP contribution in [0.4, 0.5) is 4.39 Å². The van der Waals surface area contributed by atoms with Crippen LogP contribution < -0.4 is 5.32 Å². The smallest absolute Gasteiger partial charge is 0.123 e. The lowest BCUT2D eigenvalue weighted by atomic mass is 9.82. The summed E-state index contributed by atoms with van der Waals surface area (Å²) in [6, 6.07) is 7.91. The van der Waals surface area contributed by atoms with Crippen molar-refractivity contribution in [1.82, 2.24) is 10.2 Å². The molecule has 1 aromatic rings. The molecule has 2 bridgehead atoms. The molecule has 3 aliphatic heterocycles. The van der Waals surface area contributed by atoms with Crippen molar-refractivity contribution in [2.24, 2.45) is 11.8 Å². The number of hydrogen-bond donors (Lipinski definition) is 1. The van der Waals surface area contributed by atoms with Gasteiger partial charge in [0.1, 0.15) is 5.82 Å². The van der Waals surface area contributed by atoms with Crippen LogP contribution in [0.3, 0.4) is 0 Å². The lowest BCUT2D eigenvalue weighted by Crippen LogP contribution is -2.57. The molecule has 3 saturated heterocycles. The molecule has 1 N–H and O–H groups in total. The number of hydrogen-bond acceptors (Lipinski definition) is 2. The summed E-state index contributed by atoms with van der Waals surface area (Å²) in [5.74, 6) is 1.18. The van der Waals surface area contributed by atoms with Crippen molar-refractivity contribution >= 4 is 0 Å². The van der Waals surface area contributed by atoms with Gasteiger partial charge in [-0.3, -0.25) is 0 Å². The second-order valence-electron chi connectivity index (χ2n) is 6.68. The van der Waals surface area contributed by atoms with E-state index in [0.29, 0.717) is 18.0 Å². The molecule has 4 rings (SSSR count). The summed E-state index contributed by atoms with van der Waals surface area (Å²) in [6.45, 7) is 8.19. The minimum Gasteiger partial charge on any atom is -0.305 e. The number of nitrogens with one attached hydrogen (secondary N) is 1. The van der Waals surface area contributed by atoms with E-state index < -0.39 is 0 Å². The SMILES string of the molecule is CC(C)C(NC1CN2CCC1CC2)c1ccc(F)cc1. The van der Waals surface area contributed by atoms with Gasteiger partial charge in [0.05, 0.1) is 0 Å². The average molecular weight is 276 g/mol. The van der Waals surface area contributed by atoms with E-state index in [9.17, 15) is 4.39 Å². The van der Waals surface area contributed by atoms with Crippen molar-refractivity contribution in [2.75, 3.05) is 19.6 Å². The van der Waals surface area contributed by atoms with Crippen molar-refractivity contribution < 1.29 is 4.39 Å². The van der Waals surface area contributed by atoms with E-state index in [0.717, 1.165) is 5.92 Å². The zero-order chi connectivity index (χ0) is 14.1. The highest BCUT2D eigenvalue weighted by atomic mass is 19.1. The van der Waals surface area contributed by atoms with Crippen LogP contribution >= 0.6 is 0 Å². The molecule has 0 radical (unpaired) electrons. The topological polar surface area (TPSA) is 15.3 Å². The number of fused-ring (bicyclic) bond motifs is 3. The quantitative estimate of drug-likeness (QED) is 0.908. The Balaban J connectivity index is 1.73. The average Bonchev–Trinajstić information content (AvgIpc) is 2.47. The van der Waals surface area contributed by atoms with Crippen molar-refractivity contribution in [3.63, 3.8) is 0 Å². The predicted octanol–water partition coefficient (Wildman–Crippen LogP) is 3.21. The zero-order valence-electron chi connectivity index (χ0n) is 12.5. The molecule has 3 heterocycles. The summed E-state index contributed by atoms with van der Waals surface area (Å²) >= 11 is 0. The highest BCUT2D eigenvalue weighted by Crippen LogP contribution is 2.31. The Morgan fingerprint density at radius 1 is 1.15 bits per heavy atom. The van der Waals surface area contributed by atoms with Gasteiger partial charge in [0, 0.05) is 18.6 Å². The number of piperidine rings is 3. The lowest BCUT2D eigenvalue weighted by molar-refractivity contribution is 0.0635. The molecule has 0 aliphatic carbocycles. The summed E-state index contributed by atoms with van der Waals surface area (Å²) in [7, 11) is 0. The number of rotatable bonds is 4. The first-order chi connectivity index (χ1) is 9.63. The number of nitrogens with zero attached hydrogens (tertiary/aromatic N) is 1. The van der Waals surface area contributed by atoms with E-state index >= 15 is 0 Å². The van der Waals surface area contributed by atoms with E-state index in [1.807, 2.05) is 12.1 Å². The zero-order valence-corrected chi connectivity index (χ0v) is 12.5. The molecule has 0 amide bonds. The molecule has 0 aromatic heterocycles. The molecule has 3 heteroatoms. The fourth-order valence-electron chi connectivity index (χ4n) is 3.73. The van der Waals surface area contributed by atoms with E-state index in [-0.39, 0.29) is 5.82 Å². The van der Waals surface area contributed by atoms with Gasteiger partial charge in [0.15, 0.2) is 0 Å². The summed E-state index contributed by atoms with van der Waals surface area (Å²) in [5, 5.41) is 3.86. The molecule has 0 spiro atoms. The Morgan fingerprint density at radius 2 is 1.80 bits per heavy atom. The minimum atomic E-state index is -0.154. The van der Waals surface area contributed by atoms with Crippen LogP contribution in [0.1, 0.15) is 38.3 Å². The van der Waals surface area contributed by atoms with Gasteiger partial charge in [0.2, 0.25) is 0 Å². The highest BCUT2D eigenvalue weighted by molar-refractivity contribution is 5.21. The van der Waals surface area contributed by atoms with Crippen molar-refractivity contribution in [1.29, 1.82) is 0 Å². The number of halogens is 1. The Hall–Kier alpha value is -0.930. The Labute approximate surface area is 121 Å². The van der Waals surface area contributed by atoms with Crippen molar-refractivity contribution in [3.05, 3.63) is 35.6 Å². The summed E-state index contributed by atoms with van der Waals surface area (Å²) in [4.78, 5) is 2.57. The van der Waals surface area contributed by atoms with Gasteiger partial charge in [-0.15, -0.1) is 0 Å². The third kappa shape index (κ3) is 2.89. The molecule has 1 aromatic carbocycles. The molecule has 20 heavy (non-hydrogen) atoms. The fourth-order valence-corrected chi connectivity index (χ4v) is 3.73. The van der Waals surface area contributed by atoms with E-state index in [1.54, 1.807) is 12.1 Å². The van der Waals surface area contributed by atoms with E-state index in [1.165, 1.54) is 38.0 Å². The molecule has 0 saturated carbocycles. The lowest BCUT2D eigenvalue weighted by Gasteiger charge is -2.46. The molecule has 110 valence electrons. The first-order valence-electron chi connectivity index (χ1n) is 7.87. The van der Waals surface area contributed by atoms with Crippen LogP contribution in [0.25, 0.3) is 0 Å². The molecular weight excluding hydrogens is 251 g/mol. The van der Waals surface area contributed by atoms with Crippen LogP contribution in [0.5, 0.6) is 0 Å². The van der Waals surface area contributed by atoms with Crippen LogP contribution in [-0.4, -0.2) is 30.6 Å². The predicted molar refractivity (Wildman–Crippen MR) is 80.1 cm³/mol. The highest BCUT2D eigenvalue weighted by Gasteiger charge is 2.35. The summed E-state index contributed by atoms with van der Waals surface area (Å²) < 4.78 is 13.1. The maximum atomic E-state index is 13.1. The summed E-state index contributed by atoms with van der Waals surface area (Å²) in [6.07, 6.45) is 2.65. The first-order valence-corrected chi connectivity index (χ1v) is 7.87. The largest absolute Gasteiger partial charge is 0.305 e. The van der Waals surface area contributed by atoms with Crippen LogP contribution in [0.15, 0.2) is 24.3 Å². The van der Waals surface area contributed by atoms with E-state index in [2.05, 4.69) is 24.1 Å². The molecule has 2 nitrogen and oxygen atoms in total. The molecule has 2 atom stereocenters. The fraction of sp³-hybridized carbons (Fsp3) is 0.647. The summed E-state index contributed by atoms with van der Waals surface area (Å²) in [5.41, 5.74) is 1.21. The Morgan fingerprint density at radius 3 is 2.30 bits per heavy atom. The second kappa shape index (κ2) is 5.82. The van der Waals surface area contributed by atoms with Crippen molar-refractivity contribution in [2.45, 2.75) is 38.8 Å². The third-order valence-corrected chi connectivity index (χ3v) is 4.95. The third-order valence-electron chi connectivity index (χ3n) is 4.95. The Bertz CT molecular complexity index is 435. The van der Waals surface area contributed by atoms with Gasteiger partial charge in [-0.2, -0.15) is 0 Å². The molecular formula is C17H25FN2. The van der Waals surface area contributed by atoms with Crippen molar-refractivity contribution in [3.8, 4) is 0 Å². The van der Waals surface area contributed by atoms with Gasteiger partial charge in [-0.25, -0.2) is 4.39 Å². The minimum absolute atomic E-state index is 0.154.